The summed E-state index contributed by atoms with van der Waals surface area (Å²) < 4.78 is 31.7. The van der Waals surface area contributed by atoms with E-state index in [1.54, 1.807) is 6.07 Å². The highest BCUT2D eigenvalue weighted by atomic mass is 32.2. The third kappa shape index (κ3) is 4.01. The number of benzene rings is 1. The van der Waals surface area contributed by atoms with Gasteiger partial charge in [0.2, 0.25) is 15.9 Å². The second-order valence-corrected chi connectivity index (χ2v) is 7.47. The van der Waals surface area contributed by atoms with Crippen LogP contribution in [0.5, 0.6) is 0 Å². The Balaban J connectivity index is 2.07. The molecule has 1 amide bonds. The number of aromatic nitrogens is 1. The lowest BCUT2D eigenvalue weighted by Crippen LogP contribution is -2.33. The molecule has 2 N–H and O–H groups in total. The Hall–Kier alpha value is -2.19. The number of aryl methyl sites for hydroxylation is 2. The summed E-state index contributed by atoms with van der Waals surface area (Å²) in [7, 11) is -3.86. The van der Waals surface area contributed by atoms with Crippen LogP contribution >= 0.6 is 0 Å². The molecule has 130 valence electrons. The monoisotopic (exact) mass is 351 g/mol. The van der Waals surface area contributed by atoms with Crippen molar-refractivity contribution in [1.82, 2.24) is 9.88 Å². The van der Waals surface area contributed by atoms with Gasteiger partial charge in [0.1, 0.15) is 10.6 Å². The fraction of sp³-hybridized carbons (Fsp3) is 0.375. The smallest absolute Gasteiger partial charge is 0.246 e. The minimum atomic E-state index is -3.86. The molecule has 0 bridgehead atoms. The first-order chi connectivity index (χ1) is 11.2. The zero-order valence-corrected chi connectivity index (χ0v) is 14.9. The highest BCUT2D eigenvalue weighted by Gasteiger charge is 2.24. The van der Waals surface area contributed by atoms with Gasteiger partial charge in [-0.25, -0.2) is 13.1 Å². The summed E-state index contributed by atoms with van der Waals surface area (Å²) >= 11 is 0. The second-order valence-electron chi connectivity index (χ2n) is 5.77. The molecule has 0 saturated heterocycles. The lowest BCUT2D eigenvalue weighted by atomic mass is 10.0. The van der Waals surface area contributed by atoms with Gasteiger partial charge in [0.05, 0.1) is 6.54 Å². The SMILES string of the molecule is Cc1noc(C)c1S(=O)(=O)NCC(=O)Nc1ccccc1C(C)C. The molecule has 8 heteroatoms. The highest BCUT2D eigenvalue weighted by molar-refractivity contribution is 7.89. The van der Waals surface area contributed by atoms with Gasteiger partial charge >= 0.3 is 0 Å². The van der Waals surface area contributed by atoms with Crippen LogP contribution in [0.2, 0.25) is 0 Å². The maximum Gasteiger partial charge on any atom is 0.246 e. The lowest BCUT2D eigenvalue weighted by Gasteiger charge is -2.14. The number of amides is 1. The van der Waals surface area contributed by atoms with Crippen molar-refractivity contribution >= 4 is 21.6 Å². The molecule has 0 aliphatic rings. The van der Waals surface area contributed by atoms with Crippen LogP contribution < -0.4 is 10.0 Å². The van der Waals surface area contributed by atoms with Crippen molar-refractivity contribution in [2.24, 2.45) is 0 Å². The Morgan fingerprint density at radius 3 is 2.50 bits per heavy atom. The van der Waals surface area contributed by atoms with Crippen molar-refractivity contribution in [3.63, 3.8) is 0 Å². The van der Waals surface area contributed by atoms with Crippen molar-refractivity contribution < 1.29 is 17.7 Å². The normalized spacial score (nSPS) is 11.7. The quantitative estimate of drug-likeness (QED) is 0.832. The van der Waals surface area contributed by atoms with Crippen molar-refractivity contribution in [3.05, 3.63) is 41.3 Å². The van der Waals surface area contributed by atoms with Gasteiger partial charge in [-0.2, -0.15) is 0 Å². The first kappa shape index (κ1) is 18.2. The van der Waals surface area contributed by atoms with Crippen LogP contribution in [0.25, 0.3) is 0 Å². The van der Waals surface area contributed by atoms with Gasteiger partial charge in [0.25, 0.3) is 0 Å². The molecular formula is C16H21N3O4S. The number of para-hydroxylation sites is 1. The molecule has 0 aliphatic carbocycles. The van der Waals surface area contributed by atoms with Gasteiger partial charge < -0.3 is 9.84 Å². The van der Waals surface area contributed by atoms with Crippen LogP contribution in [0.3, 0.4) is 0 Å². The molecule has 1 heterocycles. The van der Waals surface area contributed by atoms with Crippen molar-refractivity contribution in [2.45, 2.75) is 38.5 Å². The third-order valence-corrected chi connectivity index (χ3v) is 5.16. The van der Waals surface area contributed by atoms with Gasteiger partial charge in [-0.1, -0.05) is 37.2 Å². The molecule has 0 spiro atoms. The van der Waals surface area contributed by atoms with Crippen LogP contribution in [0.1, 0.15) is 36.8 Å². The predicted octanol–water partition coefficient (Wildman–Crippen LogP) is 2.33. The van der Waals surface area contributed by atoms with E-state index in [4.69, 9.17) is 4.52 Å². The first-order valence-corrected chi connectivity index (χ1v) is 9.02. The largest absolute Gasteiger partial charge is 0.360 e. The summed E-state index contributed by atoms with van der Waals surface area (Å²) in [6.07, 6.45) is 0. The van der Waals surface area contributed by atoms with E-state index in [0.717, 1.165) is 5.56 Å². The molecule has 0 atom stereocenters. The summed E-state index contributed by atoms with van der Waals surface area (Å²) in [6.45, 7) is 6.70. The number of nitrogens with zero attached hydrogens (tertiary/aromatic N) is 1. The Kier molecular flexibility index (Phi) is 5.40. The molecule has 0 unspecified atom stereocenters. The van der Waals surface area contributed by atoms with Crippen molar-refractivity contribution in [3.8, 4) is 0 Å². The fourth-order valence-electron chi connectivity index (χ4n) is 2.40. The molecule has 2 rings (SSSR count). The molecule has 0 radical (unpaired) electrons. The van der Waals surface area contributed by atoms with E-state index >= 15 is 0 Å². The molecule has 0 saturated carbocycles. The van der Waals surface area contributed by atoms with Crippen LogP contribution in [0, 0.1) is 13.8 Å². The van der Waals surface area contributed by atoms with Gasteiger partial charge in [-0.15, -0.1) is 0 Å². The standard InChI is InChI=1S/C16H21N3O4S/c1-10(2)13-7-5-6-8-14(13)18-15(20)9-17-24(21,22)16-11(3)19-23-12(16)4/h5-8,10,17H,9H2,1-4H3,(H,18,20). The van der Waals surface area contributed by atoms with E-state index in [-0.39, 0.29) is 28.8 Å². The van der Waals surface area contributed by atoms with Crippen molar-refractivity contribution in [1.29, 1.82) is 0 Å². The van der Waals surface area contributed by atoms with Gasteiger partial charge in [0.15, 0.2) is 5.76 Å². The molecule has 7 nitrogen and oxygen atoms in total. The number of sulfonamides is 1. The van der Waals surface area contributed by atoms with Crippen LogP contribution in [-0.4, -0.2) is 26.0 Å². The summed E-state index contributed by atoms with van der Waals surface area (Å²) in [6, 6.07) is 7.42. The second kappa shape index (κ2) is 7.14. The van der Waals surface area contributed by atoms with Gasteiger partial charge in [-0.3, -0.25) is 4.79 Å². The molecule has 24 heavy (non-hydrogen) atoms. The topological polar surface area (TPSA) is 101 Å². The molecule has 1 aromatic carbocycles. The van der Waals surface area contributed by atoms with E-state index in [2.05, 4.69) is 15.2 Å². The summed E-state index contributed by atoms with van der Waals surface area (Å²) in [5.41, 5.74) is 1.92. The number of carbonyl (C=O) groups is 1. The number of carbonyl (C=O) groups excluding carboxylic acids is 1. The van der Waals surface area contributed by atoms with Crippen molar-refractivity contribution in [2.75, 3.05) is 11.9 Å². The lowest BCUT2D eigenvalue weighted by molar-refractivity contribution is -0.115. The van der Waals surface area contributed by atoms with Crippen LogP contribution in [-0.2, 0) is 14.8 Å². The summed E-state index contributed by atoms with van der Waals surface area (Å²) in [5.74, 6) is -0.0236. The minimum Gasteiger partial charge on any atom is -0.360 e. The van der Waals surface area contributed by atoms with Gasteiger partial charge in [0, 0.05) is 5.69 Å². The highest BCUT2D eigenvalue weighted by Crippen LogP contribution is 2.23. The number of nitrogens with one attached hydrogen (secondary N) is 2. The Morgan fingerprint density at radius 2 is 1.92 bits per heavy atom. The van der Waals surface area contributed by atoms with E-state index in [1.807, 2.05) is 32.0 Å². The number of rotatable bonds is 6. The average molecular weight is 351 g/mol. The maximum absolute atomic E-state index is 12.3. The summed E-state index contributed by atoms with van der Waals surface area (Å²) in [4.78, 5) is 12.1. The zero-order valence-electron chi connectivity index (χ0n) is 14.1. The first-order valence-electron chi connectivity index (χ1n) is 7.53. The maximum atomic E-state index is 12.3. The third-order valence-electron chi connectivity index (χ3n) is 3.52. The Morgan fingerprint density at radius 1 is 1.25 bits per heavy atom. The number of hydrogen-bond acceptors (Lipinski definition) is 5. The van der Waals surface area contributed by atoms with Crippen LogP contribution in [0.15, 0.2) is 33.7 Å². The van der Waals surface area contributed by atoms with E-state index < -0.39 is 15.9 Å². The minimum absolute atomic E-state index is 0.0297. The predicted molar refractivity (Wildman–Crippen MR) is 90.3 cm³/mol. The van der Waals surface area contributed by atoms with Gasteiger partial charge in [-0.05, 0) is 31.4 Å². The molecule has 1 aromatic heterocycles. The number of hydrogen-bond donors (Lipinski definition) is 2. The fourth-order valence-corrected chi connectivity index (χ4v) is 3.71. The Bertz CT molecular complexity index is 821. The zero-order chi connectivity index (χ0) is 17.9. The molecule has 0 fully saturated rings. The molecular weight excluding hydrogens is 330 g/mol. The van der Waals surface area contributed by atoms with E-state index in [9.17, 15) is 13.2 Å². The number of anilines is 1. The van der Waals surface area contributed by atoms with Crippen LogP contribution in [0.4, 0.5) is 5.69 Å². The Labute approximate surface area is 141 Å². The van der Waals surface area contributed by atoms with E-state index in [0.29, 0.717) is 5.69 Å². The molecule has 2 aromatic rings. The summed E-state index contributed by atoms with van der Waals surface area (Å²) in [5, 5.41) is 6.35. The van der Waals surface area contributed by atoms with E-state index in [1.165, 1.54) is 13.8 Å². The molecule has 0 aliphatic heterocycles. The average Bonchev–Trinajstić information content (AvgIpc) is 2.85.